The van der Waals surface area contributed by atoms with Crippen LogP contribution in [0.2, 0.25) is 0 Å². The molecule has 1 aliphatic heterocycles. The molecule has 0 saturated carbocycles. The predicted octanol–water partition coefficient (Wildman–Crippen LogP) is 3.76. The van der Waals surface area contributed by atoms with Gasteiger partial charge in [0.25, 0.3) is 5.91 Å². The standard InChI is InChI=1S/C25H26N2O4/c1-2-31-23(28)15-18-12-13-27(25(30)17-8-4-3-5-9-17)22(24(18)29)14-19-16-26-21-11-7-6-10-20(19)21/h3-11,16,18,22,26H,2,12-15H2,1H3/t18-,22-/m0/s1. The number of ketones is 1. The maximum Gasteiger partial charge on any atom is 0.306 e. The van der Waals surface area contributed by atoms with Gasteiger partial charge in [-0.3, -0.25) is 14.4 Å². The van der Waals surface area contributed by atoms with Gasteiger partial charge in [-0.1, -0.05) is 36.4 Å². The number of amides is 1. The van der Waals surface area contributed by atoms with Crippen LogP contribution in [-0.4, -0.2) is 46.7 Å². The van der Waals surface area contributed by atoms with Gasteiger partial charge in [0.2, 0.25) is 0 Å². The first-order valence-corrected chi connectivity index (χ1v) is 10.7. The van der Waals surface area contributed by atoms with Crippen molar-refractivity contribution in [2.45, 2.75) is 32.2 Å². The number of hydrogen-bond donors (Lipinski definition) is 1. The Kier molecular flexibility index (Phi) is 6.16. The molecule has 6 nitrogen and oxygen atoms in total. The molecule has 3 aromatic rings. The first-order chi connectivity index (χ1) is 15.1. The van der Waals surface area contributed by atoms with Crippen LogP contribution in [-0.2, 0) is 20.7 Å². The van der Waals surface area contributed by atoms with Crippen molar-refractivity contribution >= 4 is 28.6 Å². The van der Waals surface area contributed by atoms with E-state index in [4.69, 9.17) is 4.74 Å². The molecule has 1 aromatic heterocycles. The molecule has 1 N–H and O–H groups in total. The fourth-order valence-corrected chi connectivity index (χ4v) is 4.35. The van der Waals surface area contributed by atoms with E-state index in [1.807, 2.05) is 48.7 Å². The van der Waals surface area contributed by atoms with Gasteiger partial charge in [-0.25, -0.2) is 0 Å². The summed E-state index contributed by atoms with van der Waals surface area (Å²) in [4.78, 5) is 43.7. The van der Waals surface area contributed by atoms with Crippen molar-refractivity contribution in [1.29, 1.82) is 0 Å². The molecule has 1 amide bonds. The molecule has 160 valence electrons. The van der Waals surface area contributed by atoms with E-state index in [9.17, 15) is 14.4 Å². The second-order valence-corrected chi connectivity index (χ2v) is 7.84. The molecule has 0 aliphatic carbocycles. The molecule has 31 heavy (non-hydrogen) atoms. The zero-order chi connectivity index (χ0) is 21.8. The number of hydrogen-bond acceptors (Lipinski definition) is 4. The number of likely N-dealkylation sites (tertiary alicyclic amines) is 1. The summed E-state index contributed by atoms with van der Waals surface area (Å²) >= 11 is 0. The normalized spacial score (nSPS) is 18.9. The quantitative estimate of drug-likeness (QED) is 0.618. The van der Waals surface area contributed by atoms with Crippen molar-refractivity contribution in [2.75, 3.05) is 13.2 Å². The first-order valence-electron chi connectivity index (χ1n) is 10.7. The highest BCUT2D eigenvalue weighted by Gasteiger charge is 2.40. The van der Waals surface area contributed by atoms with Crippen LogP contribution >= 0.6 is 0 Å². The zero-order valence-corrected chi connectivity index (χ0v) is 17.5. The molecular weight excluding hydrogens is 392 g/mol. The predicted molar refractivity (Wildman–Crippen MR) is 118 cm³/mol. The van der Waals surface area contributed by atoms with Gasteiger partial charge < -0.3 is 14.6 Å². The third-order valence-corrected chi connectivity index (χ3v) is 5.91. The van der Waals surface area contributed by atoms with Crippen LogP contribution in [0.4, 0.5) is 0 Å². The van der Waals surface area contributed by atoms with Crippen LogP contribution in [0, 0.1) is 5.92 Å². The lowest BCUT2D eigenvalue weighted by Crippen LogP contribution is -2.53. The number of fused-ring (bicyclic) bond motifs is 1. The van der Waals surface area contributed by atoms with E-state index in [1.165, 1.54) is 0 Å². The molecule has 0 radical (unpaired) electrons. The average Bonchev–Trinajstić information content (AvgIpc) is 3.20. The van der Waals surface area contributed by atoms with Crippen molar-refractivity contribution in [3.63, 3.8) is 0 Å². The minimum Gasteiger partial charge on any atom is -0.466 e. The number of benzene rings is 2. The van der Waals surface area contributed by atoms with Crippen LogP contribution in [0.3, 0.4) is 0 Å². The Morgan fingerprint density at radius 3 is 2.61 bits per heavy atom. The van der Waals surface area contributed by atoms with Crippen LogP contribution in [0.15, 0.2) is 60.8 Å². The molecule has 1 saturated heterocycles. The van der Waals surface area contributed by atoms with E-state index < -0.39 is 12.0 Å². The van der Waals surface area contributed by atoms with E-state index >= 15 is 0 Å². The molecule has 4 rings (SSSR count). The summed E-state index contributed by atoms with van der Waals surface area (Å²) < 4.78 is 5.06. The highest BCUT2D eigenvalue weighted by molar-refractivity contribution is 6.00. The minimum absolute atomic E-state index is 0.0599. The lowest BCUT2D eigenvalue weighted by atomic mass is 9.84. The van der Waals surface area contributed by atoms with Gasteiger partial charge in [-0.05, 0) is 37.1 Å². The Balaban J connectivity index is 1.63. The fourth-order valence-electron chi connectivity index (χ4n) is 4.35. The Bertz CT molecular complexity index is 1090. The van der Waals surface area contributed by atoms with Gasteiger partial charge in [0, 0.05) is 41.5 Å². The third-order valence-electron chi connectivity index (χ3n) is 5.91. The lowest BCUT2D eigenvalue weighted by Gasteiger charge is -2.38. The van der Waals surface area contributed by atoms with Crippen molar-refractivity contribution < 1.29 is 19.1 Å². The second-order valence-electron chi connectivity index (χ2n) is 7.84. The number of rotatable bonds is 6. The van der Waals surface area contributed by atoms with E-state index in [0.717, 1.165) is 16.5 Å². The van der Waals surface area contributed by atoms with Crippen LogP contribution < -0.4 is 0 Å². The highest BCUT2D eigenvalue weighted by atomic mass is 16.5. The smallest absolute Gasteiger partial charge is 0.306 e. The van der Waals surface area contributed by atoms with E-state index in [0.29, 0.717) is 24.9 Å². The van der Waals surface area contributed by atoms with E-state index in [1.54, 1.807) is 24.0 Å². The number of nitrogens with zero attached hydrogens (tertiary/aromatic N) is 1. The number of esters is 1. The van der Waals surface area contributed by atoms with Crippen molar-refractivity contribution in [2.24, 2.45) is 5.92 Å². The molecule has 2 heterocycles. The number of piperidine rings is 1. The summed E-state index contributed by atoms with van der Waals surface area (Å²) in [5.41, 5.74) is 2.53. The van der Waals surface area contributed by atoms with Gasteiger partial charge in [-0.15, -0.1) is 0 Å². The molecule has 1 fully saturated rings. The number of carbonyl (C=O) groups excluding carboxylic acids is 3. The first kappa shape index (κ1) is 20.8. The molecular formula is C25H26N2O4. The molecule has 6 heteroatoms. The second kappa shape index (κ2) is 9.16. The number of Topliss-reactive ketones (excluding diaryl/α,β-unsaturated/α-hetero) is 1. The van der Waals surface area contributed by atoms with Gasteiger partial charge in [0.05, 0.1) is 19.1 Å². The Labute approximate surface area is 181 Å². The number of para-hydroxylation sites is 1. The fraction of sp³-hybridized carbons (Fsp3) is 0.320. The molecule has 2 aromatic carbocycles. The zero-order valence-electron chi connectivity index (χ0n) is 17.5. The van der Waals surface area contributed by atoms with Crippen LogP contribution in [0.5, 0.6) is 0 Å². The lowest BCUT2D eigenvalue weighted by molar-refractivity contribution is -0.147. The van der Waals surface area contributed by atoms with Gasteiger partial charge in [-0.2, -0.15) is 0 Å². The summed E-state index contributed by atoms with van der Waals surface area (Å²) in [5, 5.41) is 1.04. The summed E-state index contributed by atoms with van der Waals surface area (Å²) in [5.74, 6) is -1.04. The number of aromatic amines is 1. The van der Waals surface area contributed by atoms with Crippen LogP contribution in [0.1, 0.15) is 35.7 Å². The molecule has 2 atom stereocenters. The number of nitrogens with one attached hydrogen (secondary N) is 1. The maximum atomic E-state index is 13.5. The van der Waals surface area contributed by atoms with E-state index in [-0.39, 0.29) is 30.7 Å². The molecule has 1 aliphatic rings. The number of ether oxygens (including phenoxy) is 1. The van der Waals surface area contributed by atoms with Gasteiger partial charge in [0.1, 0.15) is 0 Å². The summed E-state index contributed by atoms with van der Waals surface area (Å²) in [6, 6.07) is 16.3. The van der Waals surface area contributed by atoms with Gasteiger partial charge in [0.15, 0.2) is 5.78 Å². The van der Waals surface area contributed by atoms with Crippen LogP contribution in [0.25, 0.3) is 10.9 Å². The Morgan fingerprint density at radius 2 is 1.84 bits per heavy atom. The molecule has 0 bridgehead atoms. The monoisotopic (exact) mass is 418 g/mol. The Hall–Kier alpha value is -3.41. The maximum absolute atomic E-state index is 13.5. The topological polar surface area (TPSA) is 79.5 Å². The number of carbonyl (C=O) groups is 3. The average molecular weight is 418 g/mol. The molecule has 0 spiro atoms. The summed E-state index contributed by atoms with van der Waals surface area (Å²) in [7, 11) is 0. The number of H-pyrrole nitrogens is 1. The van der Waals surface area contributed by atoms with Crippen molar-refractivity contribution in [3.8, 4) is 0 Å². The van der Waals surface area contributed by atoms with E-state index in [2.05, 4.69) is 4.98 Å². The minimum atomic E-state index is -0.625. The SMILES string of the molecule is CCOC(=O)C[C@@H]1CCN(C(=O)c2ccccc2)[C@@H](Cc2c[nH]c3ccccc23)C1=O. The van der Waals surface area contributed by atoms with Gasteiger partial charge >= 0.3 is 5.97 Å². The Morgan fingerprint density at radius 1 is 1.10 bits per heavy atom. The highest BCUT2D eigenvalue weighted by Crippen LogP contribution is 2.29. The molecule has 0 unspecified atom stereocenters. The largest absolute Gasteiger partial charge is 0.466 e. The summed E-state index contributed by atoms with van der Waals surface area (Å²) in [6.07, 6.45) is 2.82. The third kappa shape index (κ3) is 4.38. The van der Waals surface area contributed by atoms with Crippen molar-refractivity contribution in [1.82, 2.24) is 9.88 Å². The van der Waals surface area contributed by atoms with Crippen molar-refractivity contribution in [3.05, 3.63) is 71.9 Å². The summed E-state index contributed by atoms with van der Waals surface area (Å²) in [6.45, 7) is 2.47. The number of aromatic nitrogens is 1.